The molecule has 0 aliphatic heterocycles. The van der Waals surface area contributed by atoms with E-state index < -0.39 is 0 Å². The second kappa shape index (κ2) is 7.54. The Labute approximate surface area is 172 Å². The minimum atomic E-state index is -0.199. The maximum Gasteiger partial charge on any atom is 0.0605 e. The lowest BCUT2D eigenvalue weighted by atomic mass is 9.41. The van der Waals surface area contributed by atoms with Gasteiger partial charge in [0, 0.05) is 6.61 Å². The molecule has 0 amide bonds. The van der Waals surface area contributed by atoms with Gasteiger partial charge in [0.2, 0.25) is 0 Å². The minimum absolute atomic E-state index is 0.167. The van der Waals surface area contributed by atoms with E-state index in [1.165, 1.54) is 25.7 Å². The van der Waals surface area contributed by atoms with E-state index in [2.05, 4.69) is 27.7 Å². The highest BCUT2D eigenvalue weighted by Crippen LogP contribution is 2.69. The molecule has 0 saturated heterocycles. The van der Waals surface area contributed by atoms with Crippen molar-refractivity contribution in [3.63, 3.8) is 0 Å². The molecule has 4 aliphatic carbocycles. The Balaban J connectivity index is 1.67. The Morgan fingerprint density at radius 1 is 0.929 bits per heavy atom. The number of aliphatic hydroxyl groups is 3. The van der Waals surface area contributed by atoms with Gasteiger partial charge >= 0.3 is 0 Å². The molecule has 3 heteroatoms. The highest BCUT2D eigenvalue weighted by Gasteiger charge is 2.64. The second-order valence-electron chi connectivity index (χ2n) is 11.6. The van der Waals surface area contributed by atoms with Crippen molar-refractivity contribution in [3.8, 4) is 0 Å². The summed E-state index contributed by atoms with van der Waals surface area (Å²) in [5.74, 6) is 3.78. The Morgan fingerprint density at radius 3 is 2.29 bits per heavy atom. The van der Waals surface area contributed by atoms with Crippen LogP contribution in [0.15, 0.2) is 0 Å². The Bertz CT molecular complexity index is 564. The molecule has 5 unspecified atom stereocenters. The van der Waals surface area contributed by atoms with Gasteiger partial charge in [0.05, 0.1) is 12.2 Å². The lowest BCUT2D eigenvalue weighted by Crippen LogP contribution is -2.62. The van der Waals surface area contributed by atoms with Crippen LogP contribution in [0.3, 0.4) is 0 Å². The summed E-state index contributed by atoms with van der Waals surface area (Å²) in [5.41, 5.74) is 0.617. The molecule has 0 radical (unpaired) electrons. The first-order valence-electron chi connectivity index (χ1n) is 12.2. The van der Waals surface area contributed by atoms with Crippen LogP contribution in [0.5, 0.6) is 0 Å². The van der Waals surface area contributed by atoms with Gasteiger partial charge in [-0.1, -0.05) is 34.1 Å². The van der Waals surface area contributed by atoms with E-state index in [1.807, 2.05) is 0 Å². The zero-order valence-corrected chi connectivity index (χ0v) is 18.6. The van der Waals surface area contributed by atoms with Crippen molar-refractivity contribution in [3.05, 3.63) is 0 Å². The van der Waals surface area contributed by atoms with Gasteiger partial charge < -0.3 is 15.3 Å². The zero-order chi connectivity index (χ0) is 20.3. The van der Waals surface area contributed by atoms with Crippen molar-refractivity contribution in [2.75, 3.05) is 6.61 Å². The topological polar surface area (TPSA) is 60.7 Å². The molecule has 0 heterocycles. The Morgan fingerprint density at radius 2 is 1.61 bits per heavy atom. The molecule has 0 aromatic carbocycles. The highest BCUT2D eigenvalue weighted by atomic mass is 16.3. The van der Waals surface area contributed by atoms with Gasteiger partial charge in [-0.15, -0.1) is 0 Å². The van der Waals surface area contributed by atoms with Gasteiger partial charge in [-0.2, -0.15) is 0 Å². The molecule has 4 rings (SSSR count). The third-order valence-electron chi connectivity index (χ3n) is 10.7. The molecular formula is C25H44O3. The van der Waals surface area contributed by atoms with Crippen molar-refractivity contribution in [2.45, 2.75) is 97.7 Å². The molecule has 3 N–H and O–H groups in total. The van der Waals surface area contributed by atoms with Crippen molar-refractivity contribution >= 4 is 0 Å². The van der Waals surface area contributed by atoms with E-state index in [-0.39, 0.29) is 12.2 Å². The lowest BCUT2D eigenvalue weighted by Gasteiger charge is -2.64. The van der Waals surface area contributed by atoms with E-state index in [0.717, 1.165) is 32.1 Å². The number of fused-ring (bicyclic) bond motifs is 5. The molecule has 0 aromatic heterocycles. The van der Waals surface area contributed by atoms with Crippen LogP contribution >= 0.6 is 0 Å². The fourth-order valence-electron chi connectivity index (χ4n) is 9.34. The van der Waals surface area contributed by atoms with Gasteiger partial charge in [-0.25, -0.2) is 0 Å². The van der Waals surface area contributed by atoms with Crippen LogP contribution in [-0.2, 0) is 0 Å². The molecule has 4 fully saturated rings. The number of aliphatic hydroxyl groups excluding tert-OH is 3. The van der Waals surface area contributed by atoms with Gasteiger partial charge in [-0.05, 0) is 104 Å². The van der Waals surface area contributed by atoms with Crippen LogP contribution in [-0.4, -0.2) is 34.1 Å². The minimum Gasteiger partial charge on any atom is -0.396 e. The molecule has 4 saturated carbocycles. The largest absolute Gasteiger partial charge is 0.396 e. The van der Waals surface area contributed by atoms with Crippen LogP contribution < -0.4 is 0 Å². The normalized spacial score (nSPS) is 54.5. The third kappa shape index (κ3) is 2.94. The fourth-order valence-corrected chi connectivity index (χ4v) is 9.34. The van der Waals surface area contributed by atoms with E-state index in [0.29, 0.717) is 58.9 Å². The summed E-state index contributed by atoms with van der Waals surface area (Å²) >= 11 is 0. The summed E-state index contributed by atoms with van der Waals surface area (Å²) in [5, 5.41) is 31.6. The summed E-state index contributed by atoms with van der Waals surface area (Å²) in [6.45, 7) is 9.92. The predicted molar refractivity (Wildman–Crippen MR) is 113 cm³/mol. The quantitative estimate of drug-likeness (QED) is 0.653. The Hall–Kier alpha value is -0.120. The first-order valence-corrected chi connectivity index (χ1v) is 12.2. The van der Waals surface area contributed by atoms with E-state index in [4.69, 9.17) is 0 Å². The van der Waals surface area contributed by atoms with E-state index in [1.54, 1.807) is 0 Å². The second-order valence-corrected chi connectivity index (χ2v) is 11.6. The number of rotatable bonds is 4. The van der Waals surface area contributed by atoms with Crippen molar-refractivity contribution in [1.29, 1.82) is 0 Å². The molecule has 0 bridgehead atoms. The lowest BCUT2D eigenvalue weighted by molar-refractivity contribution is -0.203. The van der Waals surface area contributed by atoms with Crippen molar-refractivity contribution < 1.29 is 15.3 Å². The maximum atomic E-state index is 11.7. The van der Waals surface area contributed by atoms with Gasteiger partial charge in [0.15, 0.2) is 0 Å². The predicted octanol–water partition coefficient (Wildman–Crippen LogP) is 4.63. The third-order valence-corrected chi connectivity index (χ3v) is 10.7. The van der Waals surface area contributed by atoms with E-state index in [9.17, 15) is 15.3 Å². The highest BCUT2D eigenvalue weighted by molar-refractivity contribution is 5.13. The van der Waals surface area contributed by atoms with Gasteiger partial charge in [-0.3, -0.25) is 0 Å². The zero-order valence-electron chi connectivity index (χ0n) is 18.6. The number of hydrogen-bond acceptors (Lipinski definition) is 3. The SMILES string of the molecule is CC[C@H]1[C@@H](O)C2C3CC[C@H]([C@H](C)CCO)C3(C)CCC2C2(C)CC[C@H](O)C[C@@H]12. The first-order chi connectivity index (χ1) is 13.3. The first kappa shape index (κ1) is 21.1. The molecule has 162 valence electrons. The van der Waals surface area contributed by atoms with Gasteiger partial charge in [0.25, 0.3) is 0 Å². The summed E-state index contributed by atoms with van der Waals surface area (Å²) in [7, 11) is 0. The molecule has 0 spiro atoms. The standard InChI is InChI=1S/C25H44O3/c1-5-17-21-14-16(27)8-11-25(21,4)20-9-12-24(3)18(15(2)10-13-26)6-7-19(24)22(20)23(17)28/h15-23,26-28H,5-14H2,1-4H3/t15-,16+,17-,18-,19?,20?,21+,22?,23-,24?,25?/m1/s1. The van der Waals surface area contributed by atoms with Gasteiger partial charge in [0.1, 0.15) is 0 Å². The molecule has 4 aliphatic rings. The molecular weight excluding hydrogens is 348 g/mol. The summed E-state index contributed by atoms with van der Waals surface area (Å²) in [6, 6.07) is 0. The van der Waals surface area contributed by atoms with Crippen LogP contribution in [0.1, 0.15) is 85.5 Å². The van der Waals surface area contributed by atoms with Crippen molar-refractivity contribution in [1.82, 2.24) is 0 Å². The fraction of sp³-hybridized carbons (Fsp3) is 1.00. The monoisotopic (exact) mass is 392 g/mol. The van der Waals surface area contributed by atoms with E-state index >= 15 is 0 Å². The smallest absolute Gasteiger partial charge is 0.0605 e. The molecule has 0 aromatic rings. The summed E-state index contributed by atoms with van der Waals surface area (Å²) in [6.07, 6.45) is 9.62. The number of hydrogen-bond donors (Lipinski definition) is 3. The van der Waals surface area contributed by atoms with Crippen LogP contribution in [0.2, 0.25) is 0 Å². The van der Waals surface area contributed by atoms with Crippen LogP contribution in [0, 0.1) is 52.3 Å². The molecule has 11 atom stereocenters. The van der Waals surface area contributed by atoms with Crippen LogP contribution in [0.25, 0.3) is 0 Å². The average molecular weight is 393 g/mol. The maximum absolute atomic E-state index is 11.7. The Kier molecular flexibility index (Phi) is 5.69. The molecule has 3 nitrogen and oxygen atoms in total. The summed E-state index contributed by atoms with van der Waals surface area (Å²) < 4.78 is 0. The van der Waals surface area contributed by atoms with Crippen LogP contribution in [0.4, 0.5) is 0 Å². The van der Waals surface area contributed by atoms with Crippen molar-refractivity contribution in [2.24, 2.45) is 52.3 Å². The average Bonchev–Trinajstić information content (AvgIpc) is 3.01. The summed E-state index contributed by atoms with van der Waals surface area (Å²) in [4.78, 5) is 0. The molecule has 28 heavy (non-hydrogen) atoms.